The van der Waals surface area contributed by atoms with Crippen molar-refractivity contribution in [1.29, 1.82) is 0 Å². The van der Waals surface area contributed by atoms with Crippen molar-refractivity contribution in [2.45, 2.75) is 19.6 Å². The lowest BCUT2D eigenvalue weighted by molar-refractivity contribution is -0.147. The highest BCUT2D eigenvalue weighted by Crippen LogP contribution is 2.18. The summed E-state index contributed by atoms with van der Waals surface area (Å²) in [6.07, 6.45) is -0.471. The van der Waals surface area contributed by atoms with Crippen LogP contribution < -0.4 is 5.32 Å². The van der Waals surface area contributed by atoms with Gasteiger partial charge in [0, 0.05) is 24.3 Å². The van der Waals surface area contributed by atoms with Crippen LogP contribution in [0.3, 0.4) is 0 Å². The van der Waals surface area contributed by atoms with E-state index < -0.39 is 6.10 Å². The third-order valence-corrected chi connectivity index (χ3v) is 3.76. The molecule has 1 atom stereocenters. The van der Waals surface area contributed by atoms with Crippen molar-refractivity contribution in [2.75, 3.05) is 26.4 Å². The number of rotatable bonds is 4. The molecule has 2 aromatic rings. The zero-order chi connectivity index (χ0) is 14.7. The van der Waals surface area contributed by atoms with Gasteiger partial charge in [-0.15, -0.1) is 0 Å². The Morgan fingerprint density at radius 1 is 1.38 bits per heavy atom. The fraction of sp³-hybridized carbons (Fsp3) is 0.438. The highest BCUT2D eigenvalue weighted by atomic mass is 16.6. The number of benzene rings is 1. The number of nitrogens with zero attached hydrogens (tertiary/aromatic N) is 1. The molecule has 1 fully saturated rings. The van der Waals surface area contributed by atoms with Crippen LogP contribution in [-0.2, 0) is 20.8 Å². The van der Waals surface area contributed by atoms with Crippen LogP contribution in [0.15, 0.2) is 30.3 Å². The first-order valence-electron chi connectivity index (χ1n) is 7.27. The third kappa shape index (κ3) is 3.09. The number of hydrogen-bond acceptors (Lipinski definition) is 3. The molecule has 5 nitrogen and oxygen atoms in total. The minimum absolute atomic E-state index is 0.0937. The van der Waals surface area contributed by atoms with Gasteiger partial charge in [-0.1, -0.05) is 18.2 Å². The number of aromatic nitrogens is 1. The van der Waals surface area contributed by atoms with Crippen LogP contribution in [0.5, 0.6) is 0 Å². The first-order valence-corrected chi connectivity index (χ1v) is 7.27. The van der Waals surface area contributed by atoms with E-state index in [1.807, 2.05) is 12.1 Å². The molecule has 0 aliphatic carbocycles. The Balaban J connectivity index is 1.59. The average Bonchev–Trinajstić information content (AvgIpc) is 2.84. The van der Waals surface area contributed by atoms with Gasteiger partial charge in [0.25, 0.3) is 5.91 Å². The minimum Gasteiger partial charge on any atom is -0.376 e. The summed E-state index contributed by atoms with van der Waals surface area (Å²) < 4.78 is 12.8. The number of fused-ring (bicyclic) bond motifs is 1. The number of para-hydroxylation sites is 1. The Morgan fingerprint density at radius 3 is 3.05 bits per heavy atom. The quantitative estimate of drug-likeness (QED) is 0.927. The second-order valence-corrected chi connectivity index (χ2v) is 5.22. The van der Waals surface area contributed by atoms with Gasteiger partial charge in [-0.3, -0.25) is 4.79 Å². The number of amides is 1. The molecule has 1 amide bonds. The molecule has 0 spiro atoms. The van der Waals surface area contributed by atoms with E-state index in [-0.39, 0.29) is 5.91 Å². The summed E-state index contributed by atoms with van der Waals surface area (Å²) in [6.45, 7) is 4.81. The van der Waals surface area contributed by atoms with E-state index in [0.717, 1.165) is 6.54 Å². The maximum Gasteiger partial charge on any atom is 0.251 e. The maximum atomic E-state index is 11.9. The van der Waals surface area contributed by atoms with Gasteiger partial charge in [0.1, 0.15) is 0 Å². The molecule has 1 aromatic carbocycles. The molecule has 1 aliphatic heterocycles. The SMILES string of the molecule is Cc1cc2ccccc2n1CCNC(=O)[C@@H]1COCCO1. The number of carbonyl (C=O) groups excluding carboxylic acids is 1. The summed E-state index contributed by atoms with van der Waals surface area (Å²) in [6, 6.07) is 10.4. The van der Waals surface area contributed by atoms with E-state index >= 15 is 0 Å². The van der Waals surface area contributed by atoms with Crippen molar-refractivity contribution in [1.82, 2.24) is 9.88 Å². The molecular weight excluding hydrogens is 268 g/mol. The van der Waals surface area contributed by atoms with Crippen molar-refractivity contribution in [3.05, 3.63) is 36.0 Å². The van der Waals surface area contributed by atoms with Gasteiger partial charge in [0.2, 0.25) is 0 Å². The van der Waals surface area contributed by atoms with Crippen molar-refractivity contribution < 1.29 is 14.3 Å². The Hall–Kier alpha value is -1.85. The predicted molar refractivity (Wildman–Crippen MR) is 80.2 cm³/mol. The van der Waals surface area contributed by atoms with E-state index in [2.05, 4.69) is 35.0 Å². The highest BCUT2D eigenvalue weighted by molar-refractivity contribution is 5.82. The Bertz CT molecular complexity index is 629. The first kappa shape index (κ1) is 14.1. The second kappa shape index (κ2) is 6.28. The Kier molecular flexibility index (Phi) is 4.22. The molecule has 2 heterocycles. The van der Waals surface area contributed by atoms with E-state index in [0.29, 0.717) is 26.4 Å². The van der Waals surface area contributed by atoms with Crippen LogP contribution in [0, 0.1) is 6.92 Å². The maximum absolute atomic E-state index is 11.9. The highest BCUT2D eigenvalue weighted by Gasteiger charge is 2.22. The van der Waals surface area contributed by atoms with Gasteiger partial charge in [0.05, 0.1) is 19.8 Å². The molecule has 1 aromatic heterocycles. The number of aryl methyl sites for hydroxylation is 1. The Morgan fingerprint density at radius 2 is 2.24 bits per heavy atom. The summed E-state index contributed by atoms with van der Waals surface area (Å²) in [4.78, 5) is 11.9. The normalized spacial score (nSPS) is 18.8. The third-order valence-electron chi connectivity index (χ3n) is 3.76. The molecule has 1 aliphatic rings. The van der Waals surface area contributed by atoms with Crippen molar-refractivity contribution in [3.8, 4) is 0 Å². The summed E-state index contributed by atoms with van der Waals surface area (Å²) in [5, 5.41) is 4.14. The zero-order valence-electron chi connectivity index (χ0n) is 12.2. The van der Waals surface area contributed by atoms with Gasteiger partial charge in [0.15, 0.2) is 6.10 Å². The van der Waals surface area contributed by atoms with E-state index in [9.17, 15) is 4.79 Å². The molecule has 1 N–H and O–H groups in total. The number of ether oxygens (including phenoxy) is 2. The lowest BCUT2D eigenvalue weighted by atomic mass is 10.2. The van der Waals surface area contributed by atoms with Gasteiger partial charge < -0.3 is 19.4 Å². The average molecular weight is 288 g/mol. The lowest BCUT2D eigenvalue weighted by Crippen LogP contribution is -2.43. The van der Waals surface area contributed by atoms with Crippen molar-refractivity contribution in [2.24, 2.45) is 0 Å². The largest absolute Gasteiger partial charge is 0.376 e. The summed E-state index contributed by atoms with van der Waals surface area (Å²) in [7, 11) is 0. The molecular formula is C16H20N2O3. The van der Waals surface area contributed by atoms with Crippen molar-refractivity contribution >= 4 is 16.8 Å². The molecule has 1 saturated heterocycles. The summed E-state index contributed by atoms with van der Waals surface area (Å²) in [5.41, 5.74) is 2.39. The second-order valence-electron chi connectivity index (χ2n) is 5.22. The molecule has 0 unspecified atom stereocenters. The number of hydrogen-bond donors (Lipinski definition) is 1. The van der Waals surface area contributed by atoms with E-state index in [4.69, 9.17) is 9.47 Å². The van der Waals surface area contributed by atoms with E-state index in [1.54, 1.807) is 0 Å². The smallest absolute Gasteiger partial charge is 0.251 e. The molecule has 21 heavy (non-hydrogen) atoms. The fourth-order valence-corrected chi connectivity index (χ4v) is 2.69. The fourth-order valence-electron chi connectivity index (χ4n) is 2.69. The zero-order valence-corrected chi connectivity index (χ0v) is 12.2. The minimum atomic E-state index is -0.471. The van der Waals surface area contributed by atoms with Crippen LogP contribution in [-0.4, -0.2) is 42.9 Å². The molecule has 0 radical (unpaired) electrons. The number of carbonyl (C=O) groups is 1. The lowest BCUT2D eigenvalue weighted by Gasteiger charge is -2.22. The topological polar surface area (TPSA) is 52.5 Å². The van der Waals surface area contributed by atoms with Crippen molar-refractivity contribution in [3.63, 3.8) is 0 Å². The summed E-state index contributed by atoms with van der Waals surface area (Å²) in [5.74, 6) is -0.0937. The van der Waals surface area contributed by atoms with Gasteiger partial charge in [-0.25, -0.2) is 0 Å². The van der Waals surface area contributed by atoms with Crippen LogP contribution in [0.4, 0.5) is 0 Å². The van der Waals surface area contributed by atoms with Crippen LogP contribution in [0.25, 0.3) is 10.9 Å². The van der Waals surface area contributed by atoms with E-state index in [1.165, 1.54) is 16.6 Å². The molecule has 0 saturated carbocycles. The standard InChI is InChI=1S/C16H20N2O3/c1-12-10-13-4-2-3-5-14(13)18(12)7-6-17-16(19)15-11-20-8-9-21-15/h2-5,10,15H,6-9,11H2,1H3,(H,17,19)/t15-/m0/s1. The predicted octanol–water partition coefficient (Wildman–Crippen LogP) is 1.48. The molecule has 5 heteroatoms. The van der Waals surface area contributed by atoms with Gasteiger partial charge in [-0.2, -0.15) is 0 Å². The molecule has 0 bridgehead atoms. The number of nitrogens with one attached hydrogen (secondary N) is 1. The van der Waals surface area contributed by atoms with Crippen LogP contribution in [0.1, 0.15) is 5.69 Å². The summed E-state index contributed by atoms with van der Waals surface area (Å²) >= 11 is 0. The van der Waals surface area contributed by atoms with Gasteiger partial charge >= 0.3 is 0 Å². The van der Waals surface area contributed by atoms with Crippen LogP contribution >= 0.6 is 0 Å². The Labute approximate surface area is 123 Å². The molecule has 112 valence electrons. The monoisotopic (exact) mass is 288 g/mol. The van der Waals surface area contributed by atoms with Crippen LogP contribution in [0.2, 0.25) is 0 Å². The molecule has 3 rings (SSSR count). The van der Waals surface area contributed by atoms with Gasteiger partial charge in [-0.05, 0) is 24.4 Å². The first-order chi connectivity index (χ1) is 10.3.